The zero-order valence-corrected chi connectivity index (χ0v) is 16.1. The lowest BCUT2D eigenvalue weighted by Crippen LogP contribution is -2.47. The van der Waals surface area contributed by atoms with Crippen LogP contribution in [0.15, 0.2) is 6.20 Å². The molecule has 2 aliphatic heterocycles. The molecule has 2 saturated heterocycles. The second-order valence-corrected chi connectivity index (χ2v) is 7.52. The smallest absolute Gasteiger partial charge is 0.305 e. The van der Waals surface area contributed by atoms with Gasteiger partial charge in [0.05, 0.1) is 26.0 Å². The SMILES string of the molecule is COC(=O)CCCCCn1cc([C@@H]2CCC[C@]3(CCC[C@@H](CO)O3)O2)nn1. The molecule has 0 unspecified atom stereocenters. The molecule has 8 nitrogen and oxygen atoms in total. The molecule has 3 heterocycles. The molecule has 1 N–H and O–H groups in total. The topological polar surface area (TPSA) is 95.7 Å². The summed E-state index contributed by atoms with van der Waals surface area (Å²) in [5, 5.41) is 18.0. The van der Waals surface area contributed by atoms with Gasteiger partial charge in [-0.1, -0.05) is 11.6 Å². The number of aliphatic hydroxyl groups is 1. The summed E-state index contributed by atoms with van der Waals surface area (Å²) < 4.78 is 18.9. The van der Waals surface area contributed by atoms with Gasteiger partial charge in [0.1, 0.15) is 11.8 Å². The van der Waals surface area contributed by atoms with Gasteiger partial charge in [0, 0.05) is 25.8 Å². The average Bonchev–Trinajstić information content (AvgIpc) is 3.16. The van der Waals surface area contributed by atoms with E-state index in [1.54, 1.807) is 0 Å². The number of nitrogens with zero attached hydrogens (tertiary/aromatic N) is 3. The zero-order valence-electron chi connectivity index (χ0n) is 16.1. The van der Waals surface area contributed by atoms with E-state index >= 15 is 0 Å². The first kappa shape index (κ1) is 20.2. The van der Waals surface area contributed by atoms with Crippen LogP contribution in [0.4, 0.5) is 0 Å². The maximum absolute atomic E-state index is 11.1. The number of aliphatic hydroxyl groups excluding tert-OH is 1. The molecule has 152 valence electrons. The summed E-state index contributed by atoms with van der Waals surface area (Å²) in [6.45, 7) is 0.817. The van der Waals surface area contributed by atoms with Gasteiger partial charge >= 0.3 is 5.97 Å². The highest BCUT2D eigenvalue weighted by Crippen LogP contribution is 2.43. The Labute approximate surface area is 160 Å². The van der Waals surface area contributed by atoms with Crippen molar-refractivity contribution in [2.45, 2.75) is 88.7 Å². The van der Waals surface area contributed by atoms with Crippen LogP contribution in [0.25, 0.3) is 0 Å². The summed E-state index contributed by atoms with van der Waals surface area (Å²) in [4.78, 5) is 11.1. The van der Waals surface area contributed by atoms with Gasteiger partial charge in [0.25, 0.3) is 0 Å². The van der Waals surface area contributed by atoms with Crippen LogP contribution in [0, 0.1) is 0 Å². The maximum Gasteiger partial charge on any atom is 0.305 e. The molecule has 3 rings (SSSR count). The summed E-state index contributed by atoms with van der Waals surface area (Å²) in [6.07, 6.45) is 10.5. The molecule has 2 fully saturated rings. The third-order valence-corrected chi connectivity index (χ3v) is 5.43. The number of hydrogen-bond donors (Lipinski definition) is 1. The van der Waals surface area contributed by atoms with Gasteiger partial charge in [0.15, 0.2) is 5.79 Å². The van der Waals surface area contributed by atoms with E-state index in [4.69, 9.17) is 9.47 Å². The molecule has 0 bridgehead atoms. The van der Waals surface area contributed by atoms with Crippen molar-refractivity contribution in [1.82, 2.24) is 15.0 Å². The van der Waals surface area contributed by atoms with Crippen molar-refractivity contribution in [3.63, 3.8) is 0 Å². The molecule has 2 aliphatic rings. The summed E-state index contributed by atoms with van der Waals surface area (Å²) in [5.41, 5.74) is 0.846. The lowest BCUT2D eigenvalue weighted by atomic mass is 9.92. The van der Waals surface area contributed by atoms with Crippen LogP contribution >= 0.6 is 0 Å². The molecule has 0 saturated carbocycles. The van der Waals surface area contributed by atoms with Gasteiger partial charge in [-0.25, -0.2) is 0 Å². The second-order valence-electron chi connectivity index (χ2n) is 7.52. The maximum atomic E-state index is 11.1. The van der Waals surface area contributed by atoms with Crippen molar-refractivity contribution in [3.8, 4) is 0 Å². The molecule has 0 amide bonds. The van der Waals surface area contributed by atoms with Crippen molar-refractivity contribution < 1.29 is 24.1 Å². The van der Waals surface area contributed by atoms with E-state index in [1.165, 1.54) is 7.11 Å². The Morgan fingerprint density at radius 2 is 2.11 bits per heavy atom. The lowest BCUT2D eigenvalue weighted by molar-refractivity contribution is -0.320. The minimum absolute atomic E-state index is 0.0436. The van der Waals surface area contributed by atoms with Gasteiger partial charge in [-0.05, 0) is 38.5 Å². The Morgan fingerprint density at radius 1 is 1.30 bits per heavy atom. The number of aromatic nitrogens is 3. The predicted octanol–water partition coefficient (Wildman–Crippen LogP) is 2.51. The zero-order chi connectivity index (χ0) is 19.1. The van der Waals surface area contributed by atoms with Crippen LogP contribution in [0.2, 0.25) is 0 Å². The van der Waals surface area contributed by atoms with Crippen molar-refractivity contribution in [2.24, 2.45) is 0 Å². The monoisotopic (exact) mass is 381 g/mol. The fourth-order valence-corrected chi connectivity index (χ4v) is 3.95. The number of carbonyl (C=O) groups is 1. The van der Waals surface area contributed by atoms with Gasteiger partial charge in [-0.3, -0.25) is 9.48 Å². The number of carbonyl (C=O) groups excluding carboxylic acids is 1. The van der Waals surface area contributed by atoms with Crippen molar-refractivity contribution >= 4 is 5.97 Å². The number of aryl methyl sites for hydroxylation is 1. The van der Waals surface area contributed by atoms with E-state index in [-0.39, 0.29) is 24.8 Å². The Morgan fingerprint density at radius 3 is 2.89 bits per heavy atom. The number of methoxy groups -OCH3 is 1. The Bertz CT molecular complexity index is 604. The molecule has 1 aromatic heterocycles. The standard InChI is InChI=1S/C19H31N3O5/c1-25-18(24)9-3-2-4-12-22-13-16(20-21-22)17-8-6-11-19(27-17)10-5-7-15(14-23)26-19/h13,15,17,23H,2-12,14H2,1H3/t15-,17-,19-/m0/s1. The van der Waals surface area contributed by atoms with Crippen LogP contribution < -0.4 is 0 Å². The number of ether oxygens (including phenoxy) is 3. The minimum Gasteiger partial charge on any atom is -0.469 e. The fourth-order valence-electron chi connectivity index (χ4n) is 3.95. The second kappa shape index (κ2) is 9.61. The largest absolute Gasteiger partial charge is 0.469 e. The Kier molecular flexibility index (Phi) is 7.20. The van der Waals surface area contributed by atoms with Crippen LogP contribution in [-0.2, 0) is 25.5 Å². The van der Waals surface area contributed by atoms with E-state index in [0.717, 1.165) is 70.0 Å². The molecule has 27 heavy (non-hydrogen) atoms. The molecule has 1 aromatic rings. The summed E-state index contributed by atoms with van der Waals surface area (Å²) in [5.74, 6) is -0.735. The highest BCUT2D eigenvalue weighted by Gasteiger charge is 2.43. The fraction of sp³-hybridized carbons (Fsp3) is 0.842. The molecule has 3 atom stereocenters. The summed E-state index contributed by atoms with van der Waals surface area (Å²) in [6, 6.07) is 0. The Hall–Kier alpha value is -1.51. The molecule has 8 heteroatoms. The molecular weight excluding hydrogens is 350 g/mol. The van der Waals surface area contributed by atoms with Crippen LogP contribution in [0.5, 0.6) is 0 Å². The van der Waals surface area contributed by atoms with E-state index in [1.807, 2.05) is 10.9 Å². The van der Waals surface area contributed by atoms with E-state index in [0.29, 0.717) is 6.42 Å². The van der Waals surface area contributed by atoms with Crippen LogP contribution in [0.1, 0.15) is 76.0 Å². The number of hydrogen-bond acceptors (Lipinski definition) is 7. The quantitative estimate of drug-likeness (QED) is 0.546. The van der Waals surface area contributed by atoms with E-state index in [2.05, 4.69) is 15.0 Å². The van der Waals surface area contributed by atoms with E-state index < -0.39 is 5.79 Å². The van der Waals surface area contributed by atoms with Crippen molar-refractivity contribution in [1.29, 1.82) is 0 Å². The average molecular weight is 381 g/mol. The highest BCUT2D eigenvalue weighted by atomic mass is 16.7. The summed E-state index contributed by atoms with van der Waals surface area (Å²) >= 11 is 0. The third-order valence-electron chi connectivity index (χ3n) is 5.43. The first-order valence-corrected chi connectivity index (χ1v) is 10.1. The lowest BCUT2D eigenvalue weighted by Gasteiger charge is -2.45. The third kappa shape index (κ3) is 5.49. The van der Waals surface area contributed by atoms with Crippen LogP contribution in [-0.4, -0.2) is 51.7 Å². The Balaban J connectivity index is 1.48. The summed E-state index contributed by atoms with van der Waals surface area (Å²) in [7, 11) is 1.42. The highest BCUT2D eigenvalue weighted by molar-refractivity contribution is 5.68. The van der Waals surface area contributed by atoms with Crippen LogP contribution in [0.3, 0.4) is 0 Å². The van der Waals surface area contributed by atoms with Gasteiger partial charge < -0.3 is 19.3 Å². The van der Waals surface area contributed by atoms with Crippen molar-refractivity contribution in [2.75, 3.05) is 13.7 Å². The molecule has 0 aliphatic carbocycles. The number of unbranched alkanes of at least 4 members (excludes halogenated alkanes) is 2. The van der Waals surface area contributed by atoms with Gasteiger partial charge in [-0.15, -0.1) is 5.10 Å². The van der Waals surface area contributed by atoms with E-state index in [9.17, 15) is 9.90 Å². The molecular formula is C19H31N3O5. The predicted molar refractivity (Wildman–Crippen MR) is 96.7 cm³/mol. The number of esters is 1. The molecule has 0 radical (unpaired) electrons. The first-order chi connectivity index (χ1) is 13.1. The van der Waals surface area contributed by atoms with Gasteiger partial charge in [0.2, 0.25) is 0 Å². The molecule has 1 spiro atoms. The van der Waals surface area contributed by atoms with Crippen molar-refractivity contribution in [3.05, 3.63) is 11.9 Å². The first-order valence-electron chi connectivity index (χ1n) is 10.1. The number of rotatable bonds is 8. The molecule has 0 aromatic carbocycles. The minimum atomic E-state index is -0.577. The van der Waals surface area contributed by atoms with Gasteiger partial charge in [-0.2, -0.15) is 0 Å². The normalized spacial score (nSPS) is 28.4.